The van der Waals surface area contributed by atoms with Crippen LogP contribution in [0.2, 0.25) is 0 Å². The Hall–Kier alpha value is -0.300. The summed E-state index contributed by atoms with van der Waals surface area (Å²) in [5.41, 5.74) is -0.390. The molecule has 0 atom stereocenters. The van der Waals surface area contributed by atoms with Crippen molar-refractivity contribution in [3.63, 3.8) is 0 Å². The van der Waals surface area contributed by atoms with E-state index in [0.29, 0.717) is 0 Å². The van der Waals surface area contributed by atoms with Crippen molar-refractivity contribution in [1.82, 2.24) is 0 Å². The van der Waals surface area contributed by atoms with E-state index in [1.165, 1.54) is 0 Å². The molecule has 0 amide bonds. The Bertz CT molecular complexity index is 141. The maximum atomic E-state index is 10.9. The van der Waals surface area contributed by atoms with Gasteiger partial charge in [-0.15, -0.1) is 0 Å². The average molecular weight is 147 g/mol. The van der Waals surface area contributed by atoms with Gasteiger partial charge in [0, 0.05) is 5.41 Å². The maximum absolute atomic E-state index is 10.9. The lowest BCUT2D eigenvalue weighted by Crippen LogP contribution is -2.19. The first-order valence-corrected chi connectivity index (χ1v) is 3.12. The quantitative estimate of drug-likeness (QED) is 0.519. The molecule has 0 aromatic heterocycles. The molecule has 0 unspecified atom stereocenters. The van der Waals surface area contributed by atoms with Gasteiger partial charge in [-0.25, -0.2) is 0 Å². The number of hydrogen-bond acceptors (Lipinski definition) is 1. The predicted octanol–water partition coefficient (Wildman–Crippen LogP) is 2.35. The molecule has 52 valence electrons. The molecule has 0 rings (SSSR count). The van der Waals surface area contributed by atoms with Gasteiger partial charge in [-0.3, -0.25) is 4.79 Å². The molecule has 0 aliphatic heterocycles. The van der Waals surface area contributed by atoms with Crippen molar-refractivity contribution in [3.8, 4) is 0 Å². The zero-order valence-corrected chi connectivity index (χ0v) is 6.75. The smallest absolute Gasteiger partial charge is 0.178 e. The van der Waals surface area contributed by atoms with Gasteiger partial charge in [0.15, 0.2) is 5.78 Å². The van der Waals surface area contributed by atoms with Crippen LogP contribution in [0.5, 0.6) is 0 Å². The maximum Gasteiger partial charge on any atom is 0.178 e. The van der Waals surface area contributed by atoms with Crippen LogP contribution in [-0.2, 0) is 4.79 Å². The number of Topliss-reactive ketones (excluding diaryl/α,β-unsaturated/α-hetero) is 1. The van der Waals surface area contributed by atoms with E-state index in [0.717, 1.165) is 0 Å². The van der Waals surface area contributed by atoms with Crippen molar-refractivity contribution in [1.29, 1.82) is 0 Å². The second-order valence-electron chi connectivity index (χ2n) is 2.98. The molecule has 0 saturated heterocycles. The Morgan fingerprint density at radius 1 is 1.44 bits per heavy atom. The molecule has 0 fully saturated rings. The van der Waals surface area contributed by atoms with Gasteiger partial charge in [-0.1, -0.05) is 39.0 Å². The van der Waals surface area contributed by atoms with Crippen LogP contribution in [0.3, 0.4) is 0 Å². The van der Waals surface area contributed by atoms with E-state index in [-0.39, 0.29) is 10.8 Å². The molecule has 1 nitrogen and oxygen atoms in total. The summed E-state index contributed by atoms with van der Waals surface area (Å²) in [5, 5.41) is 0.113. The Labute approximate surface area is 60.7 Å². The Kier molecular flexibility index (Phi) is 2.44. The van der Waals surface area contributed by atoms with E-state index in [4.69, 9.17) is 11.6 Å². The highest BCUT2D eigenvalue weighted by molar-refractivity contribution is 6.42. The van der Waals surface area contributed by atoms with E-state index in [2.05, 4.69) is 6.58 Å². The fourth-order valence-corrected chi connectivity index (χ4v) is 0.690. The molecule has 0 aliphatic carbocycles. The third kappa shape index (κ3) is 2.66. The van der Waals surface area contributed by atoms with Gasteiger partial charge in [-0.2, -0.15) is 0 Å². The molecule has 0 heterocycles. The zero-order valence-electron chi connectivity index (χ0n) is 5.99. The van der Waals surface area contributed by atoms with Crippen LogP contribution in [0.15, 0.2) is 11.6 Å². The lowest BCUT2D eigenvalue weighted by Gasteiger charge is -2.14. The summed E-state index contributed by atoms with van der Waals surface area (Å²) in [6.45, 7) is 8.76. The van der Waals surface area contributed by atoms with Gasteiger partial charge in [0.2, 0.25) is 0 Å². The molecule has 0 saturated carbocycles. The molecular weight excluding hydrogens is 136 g/mol. The van der Waals surface area contributed by atoms with Crippen LogP contribution in [-0.4, -0.2) is 5.78 Å². The fraction of sp³-hybridized carbons (Fsp3) is 0.571. The Morgan fingerprint density at radius 3 is 1.78 bits per heavy atom. The molecular formula is C7H11ClO. The molecule has 0 bridgehead atoms. The molecule has 0 spiro atoms. The van der Waals surface area contributed by atoms with Gasteiger partial charge in [0.1, 0.15) is 0 Å². The number of ketones is 1. The second kappa shape index (κ2) is 2.53. The van der Waals surface area contributed by atoms with Gasteiger partial charge in [0.05, 0.1) is 5.03 Å². The molecule has 9 heavy (non-hydrogen) atoms. The van der Waals surface area contributed by atoms with Crippen LogP contribution in [0.25, 0.3) is 0 Å². The van der Waals surface area contributed by atoms with Crippen LogP contribution in [0.1, 0.15) is 20.8 Å². The minimum Gasteiger partial charge on any atom is -0.293 e. The predicted molar refractivity (Wildman–Crippen MR) is 39.5 cm³/mol. The summed E-state index contributed by atoms with van der Waals surface area (Å²) in [6, 6.07) is 0. The molecule has 0 N–H and O–H groups in total. The summed E-state index contributed by atoms with van der Waals surface area (Å²) in [5.74, 6) is -0.0934. The number of halogens is 1. The standard InChI is InChI=1S/C7H11ClO/c1-5(8)6(9)7(2,3)4/h1H2,2-4H3. The van der Waals surface area contributed by atoms with Crippen molar-refractivity contribution < 1.29 is 4.79 Å². The van der Waals surface area contributed by atoms with E-state index < -0.39 is 5.41 Å². The zero-order chi connectivity index (χ0) is 7.65. The molecule has 0 aliphatic rings. The van der Waals surface area contributed by atoms with Crippen LogP contribution in [0.4, 0.5) is 0 Å². The molecule has 0 aromatic rings. The topological polar surface area (TPSA) is 17.1 Å². The number of hydrogen-bond donors (Lipinski definition) is 0. The summed E-state index contributed by atoms with van der Waals surface area (Å²) in [6.07, 6.45) is 0. The SMILES string of the molecule is C=C(Cl)C(=O)C(C)(C)C. The Morgan fingerprint density at radius 2 is 1.78 bits per heavy atom. The highest BCUT2D eigenvalue weighted by Gasteiger charge is 2.22. The number of allylic oxidation sites excluding steroid dienone is 1. The molecule has 2 heteroatoms. The van der Waals surface area contributed by atoms with Gasteiger partial charge in [0.25, 0.3) is 0 Å². The van der Waals surface area contributed by atoms with Crippen LogP contribution >= 0.6 is 11.6 Å². The van der Waals surface area contributed by atoms with Crippen LogP contribution < -0.4 is 0 Å². The monoisotopic (exact) mass is 146 g/mol. The van der Waals surface area contributed by atoms with Gasteiger partial charge >= 0.3 is 0 Å². The van der Waals surface area contributed by atoms with Crippen LogP contribution in [0, 0.1) is 5.41 Å². The summed E-state index contributed by atoms with van der Waals surface area (Å²) >= 11 is 5.37. The number of carbonyl (C=O) groups excluding carboxylic acids is 1. The van der Waals surface area contributed by atoms with E-state index in [1.54, 1.807) is 0 Å². The number of rotatable bonds is 1. The lowest BCUT2D eigenvalue weighted by molar-refractivity contribution is -0.121. The largest absolute Gasteiger partial charge is 0.293 e. The summed E-state index contributed by atoms with van der Waals surface area (Å²) < 4.78 is 0. The van der Waals surface area contributed by atoms with E-state index in [9.17, 15) is 4.79 Å². The Balaban J connectivity index is 4.23. The fourth-order valence-electron chi connectivity index (χ4n) is 0.407. The summed E-state index contributed by atoms with van der Waals surface area (Å²) in [7, 11) is 0. The first-order chi connectivity index (χ1) is 3.85. The van der Waals surface area contributed by atoms with Gasteiger partial charge < -0.3 is 0 Å². The molecule has 0 radical (unpaired) electrons. The van der Waals surface area contributed by atoms with Crippen molar-refractivity contribution in [2.75, 3.05) is 0 Å². The average Bonchev–Trinajstić information content (AvgIpc) is 1.62. The third-order valence-electron chi connectivity index (χ3n) is 0.928. The molecule has 0 aromatic carbocycles. The normalized spacial score (nSPS) is 11.1. The van der Waals surface area contributed by atoms with Crippen molar-refractivity contribution in [3.05, 3.63) is 11.6 Å². The van der Waals surface area contributed by atoms with Gasteiger partial charge in [-0.05, 0) is 0 Å². The third-order valence-corrected chi connectivity index (χ3v) is 1.10. The highest BCUT2D eigenvalue weighted by atomic mass is 35.5. The van der Waals surface area contributed by atoms with E-state index in [1.807, 2.05) is 20.8 Å². The highest BCUT2D eigenvalue weighted by Crippen LogP contribution is 2.20. The first kappa shape index (κ1) is 8.70. The lowest BCUT2D eigenvalue weighted by atomic mass is 9.91. The minimum absolute atomic E-state index is 0.0934. The minimum atomic E-state index is -0.390. The number of carbonyl (C=O) groups is 1. The van der Waals surface area contributed by atoms with E-state index >= 15 is 0 Å². The van der Waals surface area contributed by atoms with Crippen molar-refractivity contribution >= 4 is 17.4 Å². The summed E-state index contributed by atoms with van der Waals surface area (Å²) in [4.78, 5) is 10.9. The van der Waals surface area contributed by atoms with Crippen molar-refractivity contribution in [2.45, 2.75) is 20.8 Å². The first-order valence-electron chi connectivity index (χ1n) is 2.75. The van der Waals surface area contributed by atoms with Crippen molar-refractivity contribution in [2.24, 2.45) is 5.41 Å². The second-order valence-corrected chi connectivity index (χ2v) is 3.44.